The molecule has 2 rings (SSSR count). The molecule has 0 unspecified atom stereocenters. The molecule has 2 aromatic rings. The molecule has 0 spiro atoms. The maximum atomic E-state index is 12.4. The molecule has 2 aromatic carbocycles. The number of nitrogens with two attached hydrogens (primary N) is 1. The highest BCUT2D eigenvalue weighted by atomic mass is 19.4. The first-order chi connectivity index (χ1) is 16.9. The van der Waals surface area contributed by atoms with Gasteiger partial charge < -0.3 is 25.6 Å². The van der Waals surface area contributed by atoms with Gasteiger partial charge in [0.2, 0.25) is 0 Å². The number of hydrogen-bond acceptors (Lipinski definition) is 6. The van der Waals surface area contributed by atoms with Crippen molar-refractivity contribution in [3.63, 3.8) is 0 Å². The molecule has 0 amide bonds. The SMILES string of the molecule is CN(C)CCOc1ccc(C(=O)[C@@H](N)Cc2ccccc2)cc1.O=C(O)C(F)(F)F.O=C(O)C(F)(F)F. The van der Waals surface area contributed by atoms with Crippen LogP contribution >= 0.6 is 0 Å². The van der Waals surface area contributed by atoms with Gasteiger partial charge in [0.25, 0.3) is 0 Å². The molecule has 0 fully saturated rings. The number of carboxylic acids is 2. The van der Waals surface area contributed by atoms with E-state index in [1.54, 1.807) is 12.1 Å². The third-order valence-electron chi connectivity index (χ3n) is 4.07. The zero-order valence-corrected chi connectivity index (χ0v) is 19.7. The second kappa shape index (κ2) is 15.5. The van der Waals surface area contributed by atoms with Gasteiger partial charge in [-0.2, -0.15) is 26.3 Å². The summed E-state index contributed by atoms with van der Waals surface area (Å²) in [5.41, 5.74) is 7.73. The van der Waals surface area contributed by atoms with Crippen LogP contribution in [0.1, 0.15) is 15.9 Å². The van der Waals surface area contributed by atoms with Crippen LogP contribution in [0.3, 0.4) is 0 Å². The maximum absolute atomic E-state index is 12.4. The van der Waals surface area contributed by atoms with Crippen LogP contribution in [-0.4, -0.2) is 78.5 Å². The molecule has 0 saturated heterocycles. The Bertz CT molecular complexity index is 956. The summed E-state index contributed by atoms with van der Waals surface area (Å²) in [5, 5.41) is 14.2. The number of halogens is 6. The quantitative estimate of drug-likeness (QED) is 0.342. The van der Waals surface area contributed by atoms with E-state index in [9.17, 15) is 31.1 Å². The lowest BCUT2D eigenvalue weighted by Crippen LogP contribution is -2.32. The number of nitrogens with zero attached hydrogens (tertiary/aromatic N) is 1. The number of alkyl halides is 6. The summed E-state index contributed by atoms with van der Waals surface area (Å²) in [5.74, 6) is -4.80. The van der Waals surface area contributed by atoms with Gasteiger partial charge in [-0.1, -0.05) is 30.3 Å². The molecule has 0 heterocycles. The van der Waals surface area contributed by atoms with Gasteiger partial charge in [-0.15, -0.1) is 0 Å². The minimum absolute atomic E-state index is 0.0475. The molecule has 0 aliphatic carbocycles. The largest absolute Gasteiger partial charge is 0.492 e. The van der Waals surface area contributed by atoms with E-state index in [0.717, 1.165) is 17.9 Å². The third-order valence-corrected chi connectivity index (χ3v) is 4.07. The number of ketones is 1. The Balaban J connectivity index is 0.000000761. The fourth-order valence-electron chi connectivity index (χ4n) is 2.24. The number of benzene rings is 2. The Labute approximate surface area is 208 Å². The maximum Gasteiger partial charge on any atom is 0.490 e. The summed E-state index contributed by atoms with van der Waals surface area (Å²) >= 11 is 0. The van der Waals surface area contributed by atoms with Crippen molar-refractivity contribution in [1.29, 1.82) is 0 Å². The number of carboxylic acid groups (broad SMARTS) is 2. The van der Waals surface area contributed by atoms with E-state index in [2.05, 4.69) is 4.90 Å². The summed E-state index contributed by atoms with van der Waals surface area (Å²) < 4.78 is 69.1. The normalized spacial score (nSPS) is 11.8. The molecule has 1 atom stereocenters. The molecule has 0 radical (unpaired) electrons. The van der Waals surface area contributed by atoms with E-state index in [-0.39, 0.29) is 5.78 Å². The molecule has 14 heteroatoms. The van der Waals surface area contributed by atoms with Gasteiger partial charge in [-0.25, -0.2) is 9.59 Å². The van der Waals surface area contributed by atoms with Crippen molar-refractivity contribution in [1.82, 2.24) is 4.90 Å². The molecule has 206 valence electrons. The second-order valence-electron chi connectivity index (χ2n) is 7.44. The highest BCUT2D eigenvalue weighted by Gasteiger charge is 2.38. The minimum Gasteiger partial charge on any atom is -0.492 e. The Hall–Kier alpha value is -3.65. The number of Topliss-reactive ketones (excluding diaryl/α,β-unsaturated/α-hetero) is 1. The molecule has 4 N–H and O–H groups in total. The van der Waals surface area contributed by atoms with Crippen molar-refractivity contribution in [3.8, 4) is 5.75 Å². The van der Waals surface area contributed by atoms with Gasteiger partial charge in [-0.05, 0) is 50.3 Å². The first-order valence-electron chi connectivity index (χ1n) is 10.3. The van der Waals surface area contributed by atoms with Crippen LogP contribution in [0.25, 0.3) is 0 Å². The number of aliphatic carboxylic acids is 2. The second-order valence-corrected chi connectivity index (χ2v) is 7.44. The van der Waals surface area contributed by atoms with E-state index < -0.39 is 30.3 Å². The fraction of sp³-hybridized carbons (Fsp3) is 0.348. The number of likely N-dealkylation sites (N-methyl/N-ethyl adjacent to an activating group) is 1. The number of carbonyl (C=O) groups is 3. The summed E-state index contributed by atoms with van der Waals surface area (Å²) in [6.07, 6.45) is -9.62. The highest BCUT2D eigenvalue weighted by Crippen LogP contribution is 2.15. The molecule has 0 aromatic heterocycles. The average Bonchev–Trinajstić information content (AvgIpc) is 2.79. The van der Waals surface area contributed by atoms with Crippen LogP contribution in [0.5, 0.6) is 5.75 Å². The van der Waals surface area contributed by atoms with E-state index >= 15 is 0 Å². The molecule has 0 saturated carbocycles. The Morgan fingerprint density at radius 2 is 1.30 bits per heavy atom. The van der Waals surface area contributed by atoms with Crippen molar-refractivity contribution in [2.24, 2.45) is 5.73 Å². The van der Waals surface area contributed by atoms with E-state index in [4.69, 9.17) is 30.3 Å². The van der Waals surface area contributed by atoms with Crippen LogP contribution in [0.4, 0.5) is 26.3 Å². The average molecular weight is 540 g/mol. The van der Waals surface area contributed by atoms with Crippen molar-refractivity contribution in [2.45, 2.75) is 24.8 Å². The minimum atomic E-state index is -5.08. The van der Waals surface area contributed by atoms with E-state index in [1.807, 2.05) is 56.6 Å². The van der Waals surface area contributed by atoms with Crippen molar-refractivity contribution < 1.29 is 55.7 Å². The monoisotopic (exact) mass is 540 g/mol. The van der Waals surface area contributed by atoms with Crippen molar-refractivity contribution >= 4 is 17.7 Å². The third kappa shape index (κ3) is 15.1. The molecular formula is C23H26F6N2O6. The predicted molar refractivity (Wildman–Crippen MR) is 120 cm³/mol. The van der Waals surface area contributed by atoms with Crippen molar-refractivity contribution in [3.05, 3.63) is 65.7 Å². The summed E-state index contributed by atoms with van der Waals surface area (Å²) in [6.45, 7) is 1.47. The van der Waals surface area contributed by atoms with Crippen LogP contribution in [0, 0.1) is 0 Å². The fourth-order valence-corrected chi connectivity index (χ4v) is 2.24. The number of rotatable bonds is 8. The van der Waals surface area contributed by atoms with Gasteiger partial charge in [0, 0.05) is 12.1 Å². The predicted octanol–water partition coefficient (Wildman–Crippen LogP) is 3.65. The lowest BCUT2D eigenvalue weighted by Gasteiger charge is -2.13. The summed E-state index contributed by atoms with van der Waals surface area (Å²) in [4.78, 5) is 32.2. The van der Waals surface area contributed by atoms with Crippen LogP contribution < -0.4 is 10.5 Å². The van der Waals surface area contributed by atoms with Gasteiger partial charge >= 0.3 is 24.3 Å². The lowest BCUT2D eigenvalue weighted by molar-refractivity contribution is -0.193. The summed E-state index contributed by atoms with van der Waals surface area (Å²) in [6, 6.07) is 16.5. The Morgan fingerprint density at radius 3 is 1.68 bits per heavy atom. The standard InChI is InChI=1S/C19H24N2O2.2C2HF3O2/c1-21(2)12-13-23-17-10-8-16(9-11-17)19(22)18(20)14-15-6-4-3-5-7-15;2*3-2(4,5)1(6)7/h3-11,18H,12-14,20H2,1-2H3;2*(H,6,7)/t18-;;/m0../s1. The van der Waals surface area contributed by atoms with Crippen molar-refractivity contribution in [2.75, 3.05) is 27.2 Å². The molecule has 8 nitrogen and oxygen atoms in total. The number of hydrogen-bond donors (Lipinski definition) is 3. The lowest BCUT2D eigenvalue weighted by atomic mass is 9.98. The molecule has 37 heavy (non-hydrogen) atoms. The highest BCUT2D eigenvalue weighted by molar-refractivity contribution is 6.00. The first-order valence-corrected chi connectivity index (χ1v) is 10.3. The zero-order valence-electron chi connectivity index (χ0n) is 19.7. The number of carbonyl (C=O) groups excluding carboxylic acids is 1. The van der Waals surface area contributed by atoms with E-state index in [0.29, 0.717) is 18.6 Å². The molecular weight excluding hydrogens is 514 g/mol. The topological polar surface area (TPSA) is 130 Å². The van der Waals surface area contributed by atoms with E-state index in [1.165, 1.54) is 0 Å². The van der Waals surface area contributed by atoms with Crippen LogP contribution in [0.2, 0.25) is 0 Å². The van der Waals surface area contributed by atoms with Gasteiger partial charge in [-0.3, -0.25) is 4.79 Å². The Kier molecular flexibility index (Phi) is 13.9. The smallest absolute Gasteiger partial charge is 0.490 e. The molecule has 0 aliphatic heterocycles. The Morgan fingerprint density at radius 1 is 0.865 bits per heavy atom. The molecule has 0 aliphatic rings. The summed E-state index contributed by atoms with van der Waals surface area (Å²) in [7, 11) is 4.00. The van der Waals surface area contributed by atoms with Crippen LogP contribution in [-0.2, 0) is 16.0 Å². The van der Waals surface area contributed by atoms with Crippen LogP contribution in [0.15, 0.2) is 54.6 Å². The zero-order chi connectivity index (χ0) is 28.8. The first kappa shape index (κ1) is 33.4. The number of ether oxygens (including phenoxy) is 1. The molecule has 0 bridgehead atoms. The van der Waals surface area contributed by atoms with Gasteiger partial charge in [0.1, 0.15) is 12.4 Å². The van der Waals surface area contributed by atoms with Gasteiger partial charge in [0.05, 0.1) is 6.04 Å². The van der Waals surface area contributed by atoms with Gasteiger partial charge in [0.15, 0.2) is 5.78 Å².